The van der Waals surface area contributed by atoms with Gasteiger partial charge in [0.15, 0.2) is 0 Å². The number of piperidine rings is 1. The van der Waals surface area contributed by atoms with Crippen molar-refractivity contribution in [3.63, 3.8) is 0 Å². The fraction of sp³-hybridized carbons (Fsp3) is 0.667. The summed E-state index contributed by atoms with van der Waals surface area (Å²) in [7, 11) is 2.12. The first-order chi connectivity index (χ1) is 11.5. The third-order valence-corrected chi connectivity index (χ3v) is 5.53. The number of nitrogens with one attached hydrogen (secondary N) is 1. The van der Waals surface area contributed by atoms with Crippen LogP contribution in [-0.2, 0) is 0 Å². The Kier molecular flexibility index (Phi) is 4.67. The average molecular weight is 332 g/mol. The molecule has 1 saturated heterocycles. The lowest BCUT2D eigenvalue weighted by molar-refractivity contribution is 0.1000. The molecule has 0 aromatic carbocycles. The fourth-order valence-corrected chi connectivity index (χ4v) is 4.15. The molecule has 1 aromatic heterocycles. The number of primary amides is 1. The van der Waals surface area contributed by atoms with Gasteiger partial charge in [-0.15, -0.1) is 0 Å². The molecule has 3 N–H and O–H groups in total. The Balaban J connectivity index is 1.86. The predicted octanol–water partition coefficient (Wildman–Crippen LogP) is 1.67. The van der Waals surface area contributed by atoms with Gasteiger partial charge in [-0.1, -0.05) is 20.3 Å². The Morgan fingerprint density at radius 3 is 2.58 bits per heavy atom. The molecule has 1 amide bonds. The third-order valence-electron chi connectivity index (χ3n) is 5.53. The number of nitrogens with two attached hydrogens (primary N) is 1. The van der Waals surface area contributed by atoms with E-state index in [0.29, 0.717) is 29.1 Å². The smallest absolute Gasteiger partial charge is 0.252 e. The van der Waals surface area contributed by atoms with E-state index in [1.54, 1.807) is 16.8 Å². The fourth-order valence-electron chi connectivity index (χ4n) is 4.15. The number of pyridine rings is 1. The highest BCUT2D eigenvalue weighted by Gasteiger charge is 2.55. The van der Waals surface area contributed by atoms with E-state index < -0.39 is 5.91 Å². The van der Waals surface area contributed by atoms with Crippen LogP contribution >= 0.6 is 0 Å². The summed E-state index contributed by atoms with van der Waals surface area (Å²) in [5, 5.41) is 3.40. The maximum absolute atomic E-state index is 12.6. The van der Waals surface area contributed by atoms with Gasteiger partial charge in [-0.3, -0.25) is 9.59 Å². The first-order valence-electron chi connectivity index (χ1n) is 8.97. The van der Waals surface area contributed by atoms with Crippen LogP contribution in [0.3, 0.4) is 0 Å². The van der Waals surface area contributed by atoms with E-state index in [1.165, 1.54) is 0 Å². The van der Waals surface area contributed by atoms with Crippen LogP contribution in [-0.4, -0.2) is 41.6 Å². The summed E-state index contributed by atoms with van der Waals surface area (Å²) in [5.41, 5.74) is 6.53. The molecule has 0 spiro atoms. The SMILES string of the molecule is CCCC(CC)n1cc(C(N)=O)c(NC2[C@H]3CN(C)C[C@@H]23)cc1=O. The van der Waals surface area contributed by atoms with Crippen molar-refractivity contribution in [2.45, 2.75) is 45.2 Å². The van der Waals surface area contributed by atoms with Crippen molar-refractivity contribution in [3.8, 4) is 0 Å². The van der Waals surface area contributed by atoms with E-state index >= 15 is 0 Å². The molecule has 1 aliphatic carbocycles. The van der Waals surface area contributed by atoms with Crippen LogP contribution in [0, 0.1) is 11.8 Å². The number of rotatable bonds is 7. The number of fused-ring (bicyclic) bond motifs is 1. The van der Waals surface area contributed by atoms with E-state index in [2.05, 4.69) is 31.1 Å². The number of amides is 1. The first kappa shape index (κ1) is 17.0. The lowest BCUT2D eigenvalue weighted by Gasteiger charge is -2.21. The van der Waals surface area contributed by atoms with Crippen LogP contribution in [0.2, 0.25) is 0 Å². The second-order valence-corrected chi connectivity index (χ2v) is 7.28. The molecule has 1 saturated carbocycles. The monoisotopic (exact) mass is 332 g/mol. The second-order valence-electron chi connectivity index (χ2n) is 7.28. The molecular weight excluding hydrogens is 304 g/mol. The van der Waals surface area contributed by atoms with E-state index in [-0.39, 0.29) is 11.6 Å². The Morgan fingerprint density at radius 2 is 2.04 bits per heavy atom. The number of carbonyl (C=O) groups is 1. The summed E-state index contributed by atoms with van der Waals surface area (Å²) >= 11 is 0. The molecule has 1 aliphatic heterocycles. The maximum atomic E-state index is 12.6. The van der Waals surface area contributed by atoms with Crippen LogP contribution in [0.1, 0.15) is 49.5 Å². The minimum absolute atomic E-state index is 0.0641. The predicted molar refractivity (Wildman–Crippen MR) is 95.3 cm³/mol. The first-order valence-corrected chi connectivity index (χ1v) is 8.97. The molecule has 6 heteroatoms. The lowest BCUT2D eigenvalue weighted by atomic mass is 10.1. The van der Waals surface area contributed by atoms with E-state index in [1.807, 2.05) is 0 Å². The van der Waals surface area contributed by atoms with E-state index in [9.17, 15) is 9.59 Å². The molecule has 0 radical (unpaired) electrons. The van der Waals surface area contributed by atoms with Gasteiger partial charge in [-0.2, -0.15) is 0 Å². The van der Waals surface area contributed by atoms with Crippen molar-refractivity contribution in [2.24, 2.45) is 17.6 Å². The molecule has 2 unspecified atom stereocenters. The van der Waals surface area contributed by atoms with Crippen LogP contribution in [0.5, 0.6) is 0 Å². The Hall–Kier alpha value is -1.82. The quantitative estimate of drug-likeness (QED) is 0.796. The second kappa shape index (κ2) is 6.59. The molecule has 1 aromatic rings. The highest BCUT2D eigenvalue weighted by molar-refractivity contribution is 5.98. The van der Waals surface area contributed by atoms with Crippen molar-refractivity contribution >= 4 is 11.6 Å². The Morgan fingerprint density at radius 1 is 1.38 bits per heavy atom. The molecule has 0 bridgehead atoms. The summed E-state index contributed by atoms with van der Waals surface area (Å²) in [4.78, 5) is 26.8. The molecular formula is C18H28N4O2. The molecule has 2 heterocycles. The van der Waals surface area contributed by atoms with Crippen LogP contribution in [0.25, 0.3) is 0 Å². The summed E-state index contributed by atoms with van der Waals surface area (Å²) in [6.07, 6.45) is 4.43. The summed E-state index contributed by atoms with van der Waals surface area (Å²) in [5.74, 6) is 0.740. The molecule has 3 rings (SSSR count). The van der Waals surface area contributed by atoms with Gasteiger partial charge in [0.25, 0.3) is 11.5 Å². The molecule has 132 valence electrons. The summed E-state index contributed by atoms with van der Waals surface area (Å²) in [6.45, 7) is 6.30. The van der Waals surface area contributed by atoms with Gasteiger partial charge in [0.05, 0.1) is 11.3 Å². The molecule has 24 heavy (non-hydrogen) atoms. The number of aromatic nitrogens is 1. The van der Waals surface area contributed by atoms with Crippen LogP contribution < -0.4 is 16.6 Å². The van der Waals surface area contributed by atoms with Crippen molar-refractivity contribution < 1.29 is 4.79 Å². The van der Waals surface area contributed by atoms with E-state index in [0.717, 1.165) is 32.4 Å². The number of anilines is 1. The van der Waals surface area contributed by atoms with Gasteiger partial charge in [0.1, 0.15) is 0 Å². The number of hydrogen-bond donors (Lipinski definition) is 2. The lowest BCUT2D eigenvalue weighted by Crippen LogP contribution is -2.29. The van der Waals surface area contributed by atoms with E-state index in [4.69, 9.17) is 5.73 Å². The zero-order chi connectivity index (χ0) is 17.4. The molecule has 6 nitrogen and oxygen atoms in total. The van der Waals surface area contributed by atoms with Gasteiger partial charge in [0.2, 0.25) is 0 Å². The van der Waals surface area contributed by atoms with Gasteiger partial charge >= 0.3 is 0 Å². The standard InChI is InChI=1S/C18H28N4O2/c1-4-6-11(5-2)22-10-14(18(19)24)15(7-16(22)23)20-17-12-8-21(3)9-13(12)17/h7,10-13,17,20H,4-6,8-9H2,1-3H3,(H2,19,24)/t11?,12-,13+,17?. The van der Waals surface area contributed by atoms with Crippen molar-refractivity contribution in [2.75, 3.05) is 25.5 Å². The summed E-state index contributed by atoms with van der Waals surface area (Å²) in [6, 6.07) is 2.02. The zero-order valence-electron chi connectivity index (χ0n) is 14.8. The summed E-state index contributed by atoms with van der Waals surface area (Å²) < 4.78 is 1.68. The minimum atomic E-state index is -0.486. The third kappa shape index (κ3) is 3.07. The van der Waals surface area contributed by atoms with Crippen molar-refractivity contribution in [1.82, 2.24) is 9.47 Å². The molecule has 2 aliphatic rings. The number of likely N-dealkylation sites (tertiary alicyclic amines) is 1. The molecule has 4 atom stereocenters. The minimum Gasteiger partial charge on any atom is -0.381 e. The average Bonchev–Trinajstić information content (AvgIpc) is 2.98. The maximum Gasteiger partial charge on any atom is 0.252 e. The van der Waals surface area contributed by atoms with Gasteiger partial charge in [-0.05, 0) is 31.7 Å². The Bertz CT molecular complexity index is 672. The highest BCUT2D eigenvalue weighted by Crippen LogP contribution is 2.46. The van der Waals surface area contributed by atoms with Crippen LogP contribution in [0.4, 0.5) is 5.69 Å². The van der Waals surface area contributed by atoms with Crippen molar-refractivity contribution in [3.05, 3.63) is 28.2 Å². The largest absolute Gasteiger partial charge is 0.381 e. The van der Waals surface area contributed by atoms with Crippen LogP contribution in [0.15, 0.2) is 17.1 Å². The zero-order valence-corrected chi connectivity index (χ0v) is 14.8. The van der Waals surface area contributed by atoms with Gasteiger partial charge in [0, 0.05) is 37.4 Å². The normalized spacial score (nSPS) is 26.9. The van der Waals surface area contributed by atoms with Gasteiger partial charge in [-0.25, -0.2) is 0 Å². The number of hydrogen-bond acceptors (Lipinski definition) is 4. The Labute approximate surface area is 143 Å². The van der Waals surface area contributed by atoms with Gasteiger partial charge < -0.3 is 20.5 Å². The van der Waals surface area contributed by atoms with Crippen molar-refractivity contribution in [1.29, 1.82) is 0 Å². The topological polar surface area (TPSA) is 80.4 Å². The number of carbonyl (C=O) groups excluding carboxylic acids is 1. The number of nitrogens with zero attached hydrogens (tertiary/aromatic N) is 2. The molecule has 2 fully saturated rings. The highest BCUT2D eigenvalue weighted by atomic mass is 16.1.